The zero-order valence-corrected chi connectivity index (χ0v) is 11.8. The van der Waals surface area contributed by atoms with Crippen LogP contribution in [0.1, 0.15) is 49.3 Å². The fourth-order valence-corrected chi connectivity index (χ4v) is 3.11. The Morgan fingerprint density at radius 2 is 2.11 bits per heavy atom. The van der Waals surface area contributed by atoms with Crippen molar-refractivity contribution < 1.29 is 5.11 Å². The number of aliphatic hydroxyl groups is 1. The van der Waals surface area contributed by atoms with E-state index in [1.165, 1.54) is 30.4 Å². The summed E-state index contributed by atoms with van der Waals surface area (Å²) in [4.78, 5) is 0. The SMILES string of the molecule is Cc1ccc(C(C)(O)CC2CCCCN2)c(C)c1. The van der Waals surface area contributed by atoms with Crippen molar-refractivity contribution in [3.63, 3.8) is 0 Å². The molecule has 0 bridgehead atoms. The molecule has 2 atom stereocenters. The van der Waals surface area contributed by atoms with Gasteiger partial charge in [0, 0.05) is 6.04 Å². The van der Waals surface area contributed by atoms with Gasteiger partial charge in [-0.3, -0.25) is 0 Å². The first-order chi connectivity index (χ1) is 8.49. The molecule has 0 saturated carbocycles. The molecule has 1 aliphatic heterocycles. The highest BCUT2D eigenvalue weighted by molar-refractivity contribution is 5.34. The van der Waals surface area contributed by atoms with E-state index < -0.39 is 5.60 Å². The predicted octanol–water partition coefficient (Wildman–Crippen LogP) is 3.04. The van der Waals surface area contributed by atoms with Crippen molar-refractivity contribution in [1.82, 2.24) is 5.32 Å². The molecule has 100 valence electrons. The average molecular weight is 247 g/mol. The minimum atomic E-state index is -0.729. The molecule has 0 radical (unpaired) electrons. The van der Waals surface area contributed by atoms with Gasteiger partial charge >= 0.3 is 0 Å². The van der Waals surface area contributed by atoms with Crippen LogP contribution in [-0.2, 0) is 5.60 Å². The zero-order valence-electron chi connectivity index (χ0n) is 11.8. The van der Waals surface area contributed by atoms with Gasteiger partial charge in [0.15, 0.2) is 0 Å². The summed E-state index contributed by atoms with van der Waals surface area (Å²) in [5.74, 6) is 0. The minimum Gasteiger partial charge on any atom is -0.385 e. The Balaban J connectivity index is 2.13. The fraction of sp³-hybridized carbons (Fsp3) is 0.625. The lowest BCUT2D eigenvalue weighted by Gasteiger charge is -2.33. The third-order valence-electron chi connectivity index (χ3n) is 4.02. The molecule has 0 aromatic heterocycles. The molecule has 1 aliphatic rings. The van der Waals surface area contributed by atoms with Gasteiger partial charge in [0.1, 0.15) is 0 Å². The highest BCUT2D eigenvalue weighted by Crippen LogP contribution is 2.30. The van der Waals surface area contributed by atoms with Gasteiger partial charge in [0.25, 0.3) is 0 Å². The third kappa shape index (κ3) is 3.12. The summed E-state index contributed by atoms with van der Waals surface area (Å²) in [6, 6.07) is 6.77. The number of piperidine rings is 1. The first-order valence-electron chi connectivity index (χ1n) is 7.02. The molecular weight excluding hydrogens is 222 g/mol. The number of hydrogen-bond acceptors (Lipinski definition) is 2. The number of nitrogens with one attached hydrogen (secondary N) is 1. The van der Waals surface area contributed by atoms with Gasteiger partial charge in [-0.05, 0) is 57.7 Å². The topological polar surface area (TPSA) is 32.3 Å². The van der Waals surface area contributed by atoms with Crippen molar-refractivity contribution in [1.29, 1.82) is 0 Å². The third-order valence-corrected chi connectivity index (χ3v) is 4.02. The van der Waals surface area contributed by atoms with Gasteiger partial charge in [0.05, 0.1) is 5.60 Å². The lowest BCUT2D eigenvalue weighted by molar-refractivity contribution is 0.0326. The Labute approximate surface area is 110 Å². The summed E-state index contributed by atoms with van der Waals surface area (Å²) < 4.78 is 0. The van der Waals surface area contributed by atoms with Gasteiger partial charge in [0.2, 0.25) is 0 Å². The van der Waals surface area contributed by atoms with Crippen LogP contribution in [-0.4, -0.2) is 17.7 Å². The van der Waals surface area contributed by atoms with E-state index in [4.69, 9.17) is 0 Å². The Bertz CT molecular complexity index is 406. The number of hydrogen-bond donors (Lipinski definition) is 2. The molecular formula is C16H25NO. The van der Waals surface area contributed by atoms with Crippen molar-refractivity contribution >= 4 is 0 Å². The number of benzene rings is 1. The summed E-state index contributed by atoms with van der Waals surface area (Å²) in [5, 5.41) is 14.3. The van der Waals surface area contributed by atoms with Crippen LogP contribution in [0, 0.1) is 13.8 Å². The van der Waals surface area contributed by atoms with Crippen molar-refractivity contribution in [3.8, 4) is 0 Å². The smallest absolute Gasteiger partial charge is 0.0885 e. The van der Waals surface area contributed by atoms with Gasteiger partial charge in [-0.15, -0.1) is 0 Å². The van der Waals surface area contributed by atoms with E-state index in [9.17, 15) is 5.11 Å². The Morgan fingerprint density at radius 1 is 1.33 bits per heavy atom. The normalized spacial score (nSPS) is 23.7. The van der Waals surface area contributed by atoms with E-state index in [0.29, 0.717) is 6.04 Å². The van der Waals surface area contributed by atoms with E-state index in [1.54, 1.807) is 0 Å². The Hall–Kier alpha value is -0.860. The van der Waals surface area contributed by atoms with E-state index in [1.807, 2.05) is 6.92 Å². The molecule has 2 unspecified atom stereocenters. The van der Waals surface area contributed by atoms with Crippen LogP contribution in [0.5, 0.6) is 0 Å². The molecule has 2 nitrogen and oxygen atoms in total. The lowest BCUT2D eigenvalue weighted by atomic mass is 9.84. The summed E-state index contributed by atoms with van der Waals surface area (Å²) in [6.07, 6.45) is 4.53. The molecule has 2 rings (SSSR count). The molecule has 1 aromatic carbocycles. The molecule has 0 spiro atoms. The fourth-order valence-electron chi connectivity index (χ4n) is 3.11. The van der Waals surface area contributed by atoms with E-state index in [-0.39, 0.29) is 0 Å². The van der Waals surface area contributed by atoms with Crippen LogP contribution < -0.4 is 5.32 Å². The maximum absolute atomic E-state index is 10.8. The standard InChI is InChI=1S/C16H25NO/c1-12-7-8-15(13(2)10-12)16(3,18)11-14-6-4-5-9-17-14/h7-8,10,14,17-18H,4-6,9,11H2,1-3H3. The largest absolute Gasteiger partial charge is 0.385 e. The van der Waals surface area contributed by atoms with Crippen molar-refractivity contribution in [3.05, 3.63) is 34.9 Å². The van der Waals surface area contributed by atoms with Crippen LogP contribution >= 0.6 is 0 Å². The zero-order chi connectivity index (χ0) is 13.2. The number of rotatable bonds is 3. The highest BCUT2D eigenvalue weighted by Gasteiger charge is 2.29. The lowest BCUT2D eigenvalue weighted by Crippen LogP contribution is -2.40. The van der Waals surface area contributed by atoms with Crippen LogP contribution in [0.4, 0.5) is 0 Å². The van der Waals surface area contributed by atoms with E-state index >= 15 is 0 Å². The average Bonchev–Trinajstić information content (AvgIpc) is 2.29. The second-order valence-corrected chi connectivity index (χ2v) is 5.94. The van der Waals surface area contributed by atoms with E-state index in [0.717, 1.165) is 18.5 Å². The molecule has 0 amide bonds. The van der Waals surface area contributed by atoms with Crippen molar-refractivity contribution in [2.45, 2.75) is 58.1 Å². The second-order valence-electron chi connectivity index (χ2n) is 5.94. The van der Waals surface area contributed by atoms with Crippen molar-refractivity contribution in [2.75, 3.05) is 6.54 Å². The summed E-state index contributed by atoms with van der Waals surface area (Å²) >= 11 is 0. The molecule has 1 heterocycles. The summed E-state index contributed by atoms with van der Waals surface area (Å²) in [6.45, 7) is 7.22. The second kappa shape index (κ2) is 5.41. The molecule has 0 aliphatic carbocycles. The van der Waals surface area contributed by atoms with Crippen LogP contribution in [0.15, 0.2) is 18.2 Å². The summed E-state index contributed by atoms with van der Waals surface area (Å²) in [7, 11) is 0. The molecule has 1 saturated heterocycles. The van der Waals surface area contributed by atoms with E-state index in [2.05, 4.69) is 37.4 Å². The van der Waals surface area contributed by atoms with Gasteiger partial charge in [-0.1, -0.05) is 30.2 Å². The molecule has 2 heteroatoms. The minimum absolute atomic E-state index is 0.453. The maximum Gasteiger partial charge on any atom is 0.0885 e. The quantitative estimate of drug-likeness (QED) is 0.860. The van der Waals surface area contributed by atoms with Gasteiger partial charge in [-0.25, -0.2) is 0 Å². The predicted molar refractivity (Wildman–Crippen MR) is 75.7 cm³/mol. The molecule has 18 heavy (non-hydrogen) atoms. The van der Waals surface area contributed by atoms with Gasteiger partial charge in [-0.2, -0.15) is 0 Å². The van der Waals surface area contributed by atoms with Gasteiger partial charge < -0.3 is 10.4 Å². The maximum atomic E-state index is 10.8. The van der Waals surface area contributed by atoms with Crippen LogP contribution in [0.3, 0.4) is 0 Å². The Kier molecular flexibility index (Phi) is 4.08. The first-order valence-corrected chi connectivity index (χ1v) is 7.02. The van der Waals surface area contributed by atoms with Crippen LogP contribution in [0.25, 0.3) is 0 Å². The van der Waals surface area contributed by atoms with Crippen molar-refractivity contribution in [2.24, 2.45) is 0 Å². The Morgan fingerprint density at radius 3 is 2.72 bits per heavy atom. The molecule has 1 aromatic rings. The first kappa shape index (κ1) is 13.6. The van der Waals surface area contributed by atoms with Crippen LogP contribution in [0.2, 0.25) is 0 Å². The molecule has 2 N–H and O–H groups in total. The monoisotopic (exact) mass is 247 g/mol. The number of aryl methyl sites for hydroxylation is 2. The summed E-state index contributed by atoms with van der Waals surface area (Å²) in [5.41, 5.74) is 2.78. The molecule has 1 fully saturated rings. The highest BCUT2D eigenvalue weighted by atomic mass is 16.3.